The number of nitrogens with zero attached hydrogens (tertiary/aromatic N) is 2. The van der Waals surface area contributed by atoms with Crippen molar-refractivity contribution in [2.45, 2.75) is 50.0 Å². The zero-order valence-electron chi connectivity index (χ0n) is 19.4. The average Bonchev–Trinajstić information content (AvgIpc) is 3.17. The molecule has 1 aromatic heterocycles. The van der Waals surface area contributed by atoms with Crippen LogP contribution in [0.15, 0.2) is 39.6 Å². The number of carbonyl (C=O) groups excluding carboxylic acids is 1. The molecule has 1 saturated heterocycles. The normalized spacial score (nSPS) is 15.6. The van der Waals surface area contributed by atoms with Crippen LogP contribution in [-0.4, -0.2) is 49.3 Å². The molecule has 2 heterocycles. The summed E-state index contributed by atoms with van der Waals surface area (Å²) >= 11 is 0. The van der Waals surface area contributed by atoms with Crippen LogP contribution >= 0.6 is 0 Å². The highest BCUT2D eigenvalue weighted by Crippen LogP contribution is 2.34. The zero-order chi connectivity index (χ0) is 24.8. The number of hydrogen-bond donors (Lipinski definition) is 0. The van der Waals surface area contributed by atoms with Crippen molar-refractivity contribution in [3.05, 3.63) is 47.9 Å². The first-order valence-corrected chi connectivity index (χ1v) is 12.8. The lowest BCUT2D eigenvalue weighted by Crippen LogP contribution is -2.41. The van der Waals surface area contributed by atoms with E-state index in [1.807, 2.05) is 20.8 Å². The third-order valence-electron chi connectivity index (χ3n) is 5.64. The highest BCUT2D eigenvalue weighted by atomic mass is 32.2. The Bertz CT molecular complexity index is 1350. The average molecular weight is 493 g/mol. The number of fused-ring (bicyclic) bond motifs is 1. The largest absolute Gasteiger partial charge is 0.444 e. The van der Waals surface area contributed by atoms with Crippen molar-refractivity contribution in [2.75, 3.05) is 19.3 Å². The van der Waals surface area contributed by atoms with Gasteiger partial charge in [0, 0.05) is 30.8 Å². The first-order valence-electron chi connectivity index (χ1n) is 10.9. The molecule has 1 aliphatic heterocycles. The number of likely N-dealkylation sites (tertiary alicyclic amines) is 1. The van der Waals surface area contributed by atoms with Crippen LogP contribution in [0.2, 0.25) is 0 Å². The Kier molecular flexibility index (Phi) is 6.14. The fraction of sp³-hybridized carbons (Fsp3) is 0.417. The van der Waals surface area contributed by atoms with Gasteiger partial charge >= 0.3 is 6.09 Å². The molecule has 0 bridgehead atoms. The Labute approximate surface area is 196 Å². The topological polar surface area (TPSA) is 89.7 Å². The molecule has 0 N–H and O–H groups in total. The zero-order valence-corrected chi connectivity index (χ0v) is 20.2. The summed E-state index contributed by atoms with van der Waals surface area (Å²) in [4.78, 5) is 18.2. The predicted molar refractivity (Wildman–Crippen MR) is 122 cm³/mol. The molecule has 0 saturated carbocycles. The molecule has 182 valence electrons. The SMILES string of the molecule is CC(C)(C)OC(=O)N1CCC(c2nc3cc(-c4ccc(S(C)(=O)=O)cc4F)cc(F)c3o2)CC1. The van der Waals surface area contributed by atoms with Crippen LogP contribution in [0.4, 0.5) is 13.6 Å². The number of piperidine rings is 1. The van der Waals surface area contributed by atoms with Gasteiger partial charge in [-0.15, -0.1) is 0 Å². The van der Waals surface area contributed by atoms with Crippen LogP contribution < -0.4 is 0 Å². The van der Waals surface area contributed by atoms with Gasteiger partial charge in [0.05, 0.1) is 4.90 Å². The van der Waals surface area contributed by atoms with Crippen LogP contribution in [0, 0.1) is 11.6 Å². The van der Waals surface area contributed by atoms with Crippen molar-refractivity contribution in [1.29, 1.82) is 0 Å². The number of hydrogen-bond acceptors (Lipinski definition) is 6. The molecule has 0 unspecified atom stereocenters. The van der Waals surface area contributed by atoms with E-state index in [0.717, 1.165) is 18.4 Å². The molecule has 3 aromatic rings. The van der Waals surface area contributed by atoms with E-state index in [0.29, 0.717) is 31.8 Å². The van der Waals surface area contributed by atoms with Gasteiger partial charge in [-0.05, 0) is 63.4 Å². The van der Waals surface area contributed by atoms with Gasteiger partial charge < -0.3 is 14.1 Å². The van der Waals surface area contributed by atoms with E-state index in [1.165, 1.54) is 18.2 Å². The molecule has 0 spiro atoms. The number of halogens is 2. The van der Waals surface area contributed by atoms with Crippen LogP contribution in [0.3, 0.4) is 0 Å². The molecule has 1 amide bonds. The van der Waals surface area contributed by atoms with Gasteiger partial charge in [-0.1, -0.05) is 6.07 Å². The van der Waals surface area contributed by atoms with E-state index < -0.39 is 27.1 Å². The van der Waals surface area contributed by atoms with Gasteiger partial charge in [-0.2, -0.15) is 0 Å². The van der Waals surface area contributed by atoms with Crippen LogP contribution in [0.1, 0.15) is 45.4 Å². The molecule has 0 atom stereocenters. The summed E-state index contributed by atoms with van der Waals surface area (Å²) in [5.74, 6) is -1.20. The quantitative estimate of drug-likeness (QED) is 0.494. The smallest absolute Gasteiger partial charge is 0.410 e. The maximum atomic E-state index is 14.8. The lowest BCUT2D eigenvalue weighted by Gasteiger charge is -2.32. The summed E-state index contributed by atoms with van der Waals surface area (Å²) in [6.45, 7) is 6.36. The second-order valence-electron chi connectivity index (χ2n) is 9.51. The molecule has 4 rings (SSSR count). The van der Waals surface area contributed by atoms with E-state index in [4.69, 9.17) is 9.15 Å². The van der Waals surface area contributed by atoms with Gasteiger partial charge in [0.2, 0.25) is 0 Å². The highest BCUT2D eigenvalue weighted by Gasteiger charge is 2.30. The highest BCUT2D eigenvalue weighted by molar-refractivity contribution is 7.90. The van der Waals surface area contributed by atoms with Crippen LogP contribution in [-0.2, 0) is 14.6 Å². The molecule has 2 aromatic carbocycles. The Hall–Kier alpha value is -3.01. The third kappa shape index (κ3) is 5.06. The van der Waals surface area contributed by atoms with E-state index in [9.17, 15) is 22.0 Å². The van der Waals surface area contributed by atoms with E-state index >= 15 is 0 Å². The number of carbonyl (C=O) groups is 1. The summed E-state index contributed by atoms with van der Waals surface area (Å²) < 4.78 is 63.9. The molecule has 1 aliphatic rings. The lowest BCUT2D eigenvalue weighted by atomic mass is 9.97. The van der Waals surface area contributed by atoms with Gasteiger partial charge in [0.15, 0.2) is 27.1 Å². The van der Waals surface area contributed by atoms with E-state index in [-0.39, 0.29) is 39.1 Å². The van der Waals surface area contributed by atoms with E-state index in [2.05, 4.69) is 4.98 Å². The molecular formula is C24H26F2N2O5S. The second-order valence-corrected chi connectivity index (χ2v) is 11.5. The van der Waals surface area contributed by atoms with Gasteiger partial charge in [0.25, 0.3) is 0 Å². The molecule has 0 aliphatic carbocycles. The summed E-state index contributed by atoms with van der Waals surface area (Å²) in [6, 6.07) is 6.16. The fourth-order valence-corrected chi connectivity index (χ4v) is 4.57. The third-order valence-corrected chi connectivity index (χ3v) is 6.75. The van der Waals surface area contributed by atoms with Gasteiger partial charge in [0.1, 0.15) is 16.9 Å². The number of ether oxygens (including phenoxy) is 1. The summed E-state index contributed by atoms with van der Waals surface area (Å²) in [7, 11) is -3.57. The fourth-order valence-electron chi connectivity index (χ4n) is 3.94. The van der Waals surface area contributed by atoms with Crippen molar-refractivity contribution >= 4 is 27.0 Å². The minimum Gasteiger partial charge on any atom is -0.444 e. The maximum absolute atomic E-state index is 14.8. The van der Waals surface area contributed by atoms with E-state index in [1.54, 1.807) is 4.90 Å². The van der Waals surface area contributed by atoms with Crippen molar-refractivity contribution in [3.63, 3.8) is 0 Å². The predicted octanol–water partition coefficient (Wildman–Crippen LogP) is 5.29. The molecular weight excluding hydrogens is 466 g/mol. The Morgan fingerprint density at radius 2 is 1.79 bits per heavy atom. The number of benzene rings is 2. The van der Waals surface area contributed by atoms with Crippen LogP contribution in [0.5, 0.6) is 0 Å². The maximum Gasteiger partial charge on any atom is 0.410 e. The van der Waals surface area contributed by atoms with Crippen molar-refractivity contribution < 1.29 is 31.1 Å². The number of rotatable bonds is 3. The standard InChI is InChI=1S/C24H26F2N2O5S/c1-24(2,3)33-23(29)28-9-7-14(8-10-28)22-27-20-12-15(11-19(26)21(20)32-22)17-6-5-16(13-18(17)25)34(4,30)31/h5-6,11-14H,7-10H2,1-4H3. The minimum atomic E-state index is -3.57. The van der Waals surface area contributed by atoms with Gasteiger partial charge in [-0.3, -0.25) is 0 Å². The Morgan fingerprint density at radius 1 is 1.12 bits per heavy atom. The molecule has 1 fully saturated rings. The van der Waals surface area contributed by atoms with Crippen molar-refractivity contribution in [3.8, 4) is 11.1 Å². The number of amides is 1. The number of oxazole rings is 1. The van der Waals surface area contributed by atoms with Crippen molar-refractivity contribution in [2.24, 2.45) is 0 Å². The molecule has 7 nitrogen and oxygen atoms in total. The number of aromatic nitrogens is 1. The second kappa shape index (κ2) is 8.65. The molecule has 10 heteroatoms. The molecule has 0 radical (unpaired) electrons. The first-order chi connectivity index (χ1) is 15.8. The summed E-state index contributed by atoms with van der Waals surface area (Å²) in [6.07, 6.45) is 1.79. The first kappa shape index (κ1) is 24.1. The Morgan fingerprint density at radius 3 is 2.38 bits per heavy atom. The molecule has 34 heavy (non-hydrogen) atoms. The van der Waals surface area contributed by atoms with Crippen LogP contribution in [0.25, 0.3) is 22.2 Å². The Balaban J connectivity index is 1.56. The van der Waals surface area contributed by atoms with Gasteiger partial charge in [-0.25, -0.2) is 27.0 Å². The summed E-state index contributed by atoms with van der Waals surface area (Å²) in [5, 5.41) is 0. The lowest BCUT2D eigenvalue weighted by molar-refractivity contribution is 0.0199. The van der Waals surface area contributed by atoms with Crippen molar-refractivity contribution in [1.82, 2.24) is 9.88 Å². The monoisotopic (exact) mass is 492 g/mol. The number of sulfone groups is 1. The minimum absolute atomic E-state index is 0.0264. The summed E-state index contributed by atoms with van der Waals surface area (Å²) in [5.41, 5.74) is -0.0770.